The number of allylic oxidation sites excluding steroid dienone is 1. The number of hydrogen-bond donors (Lipinski definition) is 0. The van der Waals surface area contributed by atoms with Crippen molar-refractivity contribution in [1.29, 1.82) is 0 Å². The van der Waals surface area contributed by atoms with Crippen molar-refractivity contribution in [3.05, 3.63) is 65.7 Å². The van der Waals surface area contributed by atoms with Gasteiger partial charge in [-0.2, -0.15) is 0 Å². The molecule has 0 amide bonds. The van der Waals surface area contributed by atoms with Crippen LogP contribution < -0.4 is 0 Å². The van der Waals surface area contributed by atoms with E-state index in [4.69, 9.17) is 0 Å². The molecule has 1 aliphatic rings. The highest BCUT2D eigenvalue weighted by molar-refractivity contribution is 6.52. The van der Waals surface area contributed by atoms with Gasteiger partial charge in [0.15, 0.2) is 0 Å². The van der Waals surface area contributed by atoms with E-state index in [-0.39, 0.29) is 0 Å². The molecular weight excluding hydrogens is 248 g/mol. The van der Waals surface area contributed by atoms with E-state index in [2.05, 4.69) is 0 Å². The Kier molecular flexibility index (Phi) is 2.15. The molecule has 0 unspecified atom stereocenters. The number of fused-ring (bicyclic) bond motifs is 6. The molecule has 0 fully saturated rings. The van der Waals surface area contributed by atoms with Crippen LogP contribution in [0.3, 0.4) is 0 Å². The minimum atomic E-state index is -0.446. The predicted octanol–water partition coefficient (Wildman–Crippen LogP) is 3.77. The molecule has 0 aromatic heterocycles. The topological polar surface area (TPSA) is 34.1 Å². The fourth-order valence-electron chi connectivity index (χ4n) is 2.94. The summed E-state index contributed by atoms with van der Waals surface area (Å²) in [5.74, 6) is -0.859. The Morgan fingerprint density at radius 3 is 1.85 bits per heavy atom. The third-order valence-electron chi connectivity index (χ3n) is 3.83. The molecule has 0 bridgehead atoms. The van der Waals surface area contributed by atoms with E-state index in [0.29, 0.717) is 5.56 Å². The lowest BCUT2D eigenvalue weighted by Crippen LogP contribution is -2.17. The van der Waals surface area contributed by atoms with Gasteiger partial charge >= 0.3 is 0 Å². The van der Waals surface area contributed by atoms with Crippen molar-refractivity contribution < 1.29 is 9.59 Å². The van der Waals surface area contributed by atoms with Crippen LogP contribution in [0.4, 0.5) is 0 Å². The number of ketones is 2. The second-order valence-corrected chi connectivity index (χ2v) is 4.91. The molecule has 20 heavy (non-hydrogen) atoms. The van der Waals surface area contributed by atoms with Crippen LogP contribution in [0.2, 0.25) is 0 Å². The zero-order valence-electron chi connectivity index (χ0n) is 10.6. The summed E-state index contributed by atoms with van der Waals surface area (Å²) in [6, 6.07) is 15.7. The van der Waals surface area contributed by atoms with Gasteiger partial charge in [0.05, 0.1) is 0 Å². The number of Topliss-reactive ketones (excluding diaryl/α,β-unsaturated/α-hetero) is 1. The molecule has 4 rings (SSSR count). The van der Waals surface area contributed by atoms with Crippen LogP contribution in [-0.4, -0.2) is 11.6 Å². The van der Waals surface area contributed by atoms with Crippen molar-refractivity contribution in [2.24, 2.45) is 0 Å². The largest absolute Gasteiger partial charge is 0.286 e. The molecule has 94 valence electrons. The van der Waals surface area contributed by atoms with Gasteiger partial charge in [0.1, 0.15) is 0 Å². The van der Waals surface area contributed by atoms with Crippen LogP contribution in [0.5, 0.6) is 0 Å². The summed E-state index contributed by atoms with van der Waals surface area (Å²) in [6.45, 7) is 0. The van der Waals surface area contributed by atoms with Crippen LogP contribution in [0.1, 0.15) is 15.9 Å². The van der Waals surface area contributed by atoms with E-state index < -0.39 is 11.6 Å². The van der Waals surface area contributed by atoms with Crippen LogP contribution in [-0.2, 0) is 4.79 Å². The first kappa shape index (κ1) is 11.1. The summed E-state index contributed by atoms with van der Waals surface area (Å²) in [4.78, 5) is 24.0. The lowest BCUT2D eigenvalue weighted by molar-refractivity contribution is -0.110. The Morgan fingerprint density at radius 1 is 0.600 bits per heavy atom. The molecule has 0 heterocycles. The first-order chi connectivity index (χ1) is 9.77. The van der Waals surface area contributed by atoms with Gasteiger partial charge in [-0.05, 0) is 39.3 Å². The molecule has 0 saturated heterocycles. The predicted molar refractivity (Wildman–Crippen MR) is 79.8 cm³/mol. The highest BCUT2D eigenvalue weighted by atomic mass is 16.2. The molecule has 0 spiro atoms. The standard InChI is InChI=1S/C18H10O2/c19-16-10-9-15-13-7-2-1-5-11(13)12-6-3-4-8-14(12)17(15)18(16)20/h1-10H. The Hall–Kier alpha value is -2.74. The third-order valence-corrected chi connectivity index (χ3v) is 3.83. The van der Waals surface area contributed by atoms with E-state index >= 15 is 0 Å². The molecule has 0 radical (unpaired) electrons. The van der Waals surface area contributed by atoms with Crippen molar-refractivity contribution in [2.75, 3.05) is 0 Å². The van der Waals surface area contributed by atoms with E-state index in [0.717, 1.165) is 27.1 Å². The van der Waals surface area contributed by atoms with Gasteiger partial charge in [-0.3, -0.25) is 9.59 Å². The normalized spacial score (nSPS) is 14.0. The van der Waals surface area contributed by atoms with E-state index in [1.807, 2.05) is 48.5 Å². The van der Waals surface area contributed by atoms with Gasteiger partial charge in [0.2, 0.25) is 11.6 Å². The fourth-order valence-corrected chi connectivity index (χ4v) is 2.94. The lowest BCUT2D eigenvalue weighted by atomic mass is 9.86. The van der Waals surface area contributed by atoms with Gasteiger partial charge < -0.3 is 0 Å². The van der Waals surface area contributed by atoms with Crippen molar-refractivity contribution in [2.45, 2.75) is 0 Å². The van der Waals surface area contributed by atoms with E-state index in [1.54, 1.807) is 6.08 Å². The minimum absolute atomic E-state index is 0.413. The Morgan fingerprint density at radius 2 is 1.15 bits per heavy atom. The minimum Gasteiger partial charge on any atom is -0.286 e. The monoisotopic (exact) mass is 258 g/mol. The molecule has 3 aromatic rings. The Balaban J connectivity index is 2.35. The maximum atomic E-state index is 12.3. The van der Waals surface area contributed by atoms with Crippen molar-refractivity contribution in [3.63, 3.8) is 0 Å². The molecule has 1 aliphatic carbocycles. The molecule has 0 aliphatic heterocycles. The number of rotatable bonds is 0. The molecular formula is C18H10O2. The molecule has 2 nitrogen and oxygen atoms in total. The van der Waals surface area contributed by atoms with Crippen LogP contribution >= 0.6 is 0 Å². The average Bonchev–Trinajstić information content (AvgIpc) is 2.50. The van der Waals surface area contributed by atoms with E-state index in [9.17, 15) is 9.59 Å². The first-order valence-electron chi connectivity index (χ1n) is 6.47. The van der Waals surface area contributed by atoms with Crippen molar-refractivity contribution in [3.8, 4) is 0 Å². The molecule has 3 aromatic carbocycles. The fraction of sp³-hybridized carbons (Fsp3) is 0. The quantitative estimate of drug-likeness (QED) is 0.454. The van der Waals surface area contributed by atoms with Crippen molar-refractivity contribution >= 4 is 39.2 Å². The Labute approximate surface area is 115 Å². The van der Waals surface area contributed by atoms with Gasteiger partial charge in [-0.15, -0.1) is 0 Å². The molecule has 0 N–H and O–H groups in total. The number of carbonyl (C=O) groups is 2. The smallest absolute Gasteiger partial charge is 0.234 e. The Bertz CT molecular complexity index is 933. The maximum absolute atomic E-state index is 12.3. The van der Waals surface area contributed by atoms with Gasteiger partial charge in [0.25, 0.3) is 0 Å². The second kappa shape index (κ2) is 3.87. The number of benzene rings is 3. The first-order valence-corrected chi connectivity index (χ1v) is 6.47. The van der Waals surface area contributed by atoms with Gasteiger partial charge in [-0.25, -0.2) is 0 Å². The summed E-state index contributed by atoms with van der Waals surface area (Å²) < 4.78 is 0. The SMILES string of the molecule is O=C1C=Cc2c(c3ccccc3c3ccccc23)C1=O. The average molecular weight is 258 g/mol. The number of hydrogen-bond acceptors (Lipinski definition) is 2. The maximum Gasteiger partial charge on any atom is 0.234 e. The highest BCUT2D eigenvalue weighted by Crippen LogP contribution is 2.35. The lowest BCUT2D eigenvalue weighted by Gasteiger charge is -2.16. The van der Waals surface area contributed by atoms with Gasteiger partial charge in [0, 0.05) is 5.56 Å². The molecule has 2 heteroatoms. The van der Waals surface area contributed by atoms with Crippen molar-refractivity contribution in [1.82, 2.24) is 0 Å². The highest BCUT2D eigenvalue weighted by Gasteiger charge is 2.25. The van der Waals surface area contributed by atoms with E-state index in [1.165, 1.54) is 6.08 Å². The van der Waals surface area contributed by atoms with Crippen LogP contribution in [0, 0.1) is 0 Å². The van der Waals surface area contributed by atoms with Crippen LogP contribution in [0.15, 0.2) is 54.6 Å². The van der Waals surface area contributed by atoms with Gasteiger partial charge in [-0.1, -0.05) is 48.5 Å². The summed E-state index contributed by atoms with van der Waals surface area (Å²) >= 11 is 0. The zero-order valence-corrected chi connectivity index (χ0v) is 10.6. The molecule has 0 saturated carbocycles. The summed E-state index contributed by atoms with van der Waals surface area (Å²) in [6.07, 6.45) is 3.12. The summed E-state index contributed by atoms with van der Waals surface area (Å²) in [7, 11) is 0. The second-order valence-electron chi connectivity index (χ2n) is 4.91. The summed E-state index contributed by atoms with van der Waals surface area (Å²) in [5, 5.41) is 3.98. The zero-order chi connectivity index (χ0) is 13.7. The molecule has 0 atom stereocenters. The summed E-state index contributed by atoms with van der Waals surface area (Å²) in [5.41, 5.74) is 1.38. The van der Waals surface area contributed by atoms with Crippen LogP contribution in [0.25, 0.3) is 27.6 Å². The third kappa shape index (κ3) is 1.33. The number of carbonyl (C=O) groups excluding carboxylic acids is 2.